The molecule has 3 aromatic rings. The van der Waals surface area contributed by atoms with Crippen molar-refractivity contribution < 1.29 is 24.3 Å². The Bertz CT molecular complexity index is 902. The van der Waals surface area contributed by atoms with Crippen LogP contribution in [0.15, 0.2) is 48.5 Å². The number of fused-ring (bicyclic) bond motifs is 1. The van der Waals surface area contributed by atoms with Crippen molar-refractivity contribution in [2.75, 3.05) is 13.7 Å². The Morgan fingerprint density at radius 2 is 1.92 bits per heavy atom. The molecule has 122 valence electrons. The fourth-order valence-electron chi connectivity index (χ4n) is 2.32. The maximum absolute atomic E-state index is 11.7. The topological polar surface area (TPSA) is 90.6 Å². The summed E-state index contributed by atoms with van der Waals surface area (Å²) in [5.74, 6) is -1.15. The van der Waals surface area contributed by atoms with Gasteiger partial charge in [-0.25, -0.2) is 14.6 Å². The number of ether oxygens (including phenoxy) is 1. The molecule has 24 heavy (non-hydrogen) atoms. The number of hydrogen-bond donors (Lipinski definition) is 1. The second-order valence-corrected chi connectivity index (χ2v) is 4.96. The third-order valence-corrected chi connectivity index (χ3v) is 3.38. The monoisotopic (exact) mass is 326 g/mol. The van der Waals surface area contributed by atoms with Crippen LogP contribution in [0.5, 0.6) is 0 Å². The van der Waals surface area contributed by atoms with Gasteiger partial charge in [0.25, 0.3) is 0 Å². The lowest BCUT2D eigenvalue weighted by molar-refractivity contribution is -0.142. The van der Waals surface area contributed by atoms with Gasteiger partial charge in [0.1, 0.15) is 5.52 Å². The molecule has 0 radical (unpaired) electrons. The van der Waals surface area contributed by atoms with Crippen LogP contribution >= 0.6 is 0 Å². The molecule has 0 spiro atoms. The average Bonchev–Trinajstić information content (AvgIpc) is 2.97. The lowest BCUT2D eigenvalue weighted by Crippen LogP contribution is -2.20. The van der Waals surface area contributed by atoms with Gasteiger partial charge in [-0.15, -0.1) is 0 Å². The number of carboxylic acids is 1. The Kier molecular flexibility index (Phi) is 4.15. The van der Waals surface area contributed by atoms with Crippen molar-refractivity contribution in [2.24, 2.45) is 0 Å². The summed E-state index contributed by atoms with van der Waals surface area (Å²) in [6, 6.07) is 14.0. The predicted molar refractivity (Wildman–Crippen MR) is 85.6 cm³/mol. The van der Waals surface area contributed by atoms with Crippen LogP contribution in [0, 0.1) is 0 Å². The van der Waals surface area contributed by atoms with E-state index < -0.39 is 18.5 Å². The number of imidazole rings is 1. The Labute approximate surface area is 137 Å². The summed E-state index contributed by atoms with van der Waals surface area (Å²) in [6.07, 6.45) is 0. The molecule has 0 fully saturated rings. The minimum atomic E-state index is -1.11. The van der Waals surface area contributed by atoms with Gasteiger partial charge in [0.2, 0.25) is 6.61 Å². The third-order valence-electron chi connectivity index (χ3n) is 3.38. The van der Waals surface area contributed by atoms with Crippen LogP contribution in [0.4, 0.5) is 0 Å². The summed E-state index contributed by atoms with van der Waals surface area (Å²) in [5.41, 5.74) is 2.15. The van der Waals surface area contributed by atoms with E-state index >= 15 is 0 Å². The lowest BCUT2D eigenvalue weighted by Gasteiger charge is -2.09. The fraction of sp³-hybridized carbons (Fsp3) is 0.118. The molecule has 1 heterocycles. The van der Waals surface area contributed by atoms with Gasteiger partial charge in [-0.2, -0.15) is 4.73 Å². The van der Waals surface area contributed by atoms with Crippen molar-refractivity contribution in [3.8, 4) is 11.4 Å². The molecule has 0 saturated carbocycles. The number of aromatic nitrogens is 2. The number of nitrogens with zero attached hydrogens (tertiary/aromatic N) is 2. The minimum absolute atomic E-state index is 0.324. The summed E-state index contributed by atoms with van der Waals surface area (Å²) < 4.78 is 6.04. The molecule has 0 aliphatic rings. The van der Waals surface area contributed by atoms with Crippen molar-refractivity contribution >= 4 is 23.0 Å². The molecule has 0 aliphatic heterocycles. The highest BCUT2D eigenvalue weighted by molar-refractivity contribution is 5.94. The number of aliphatic carboxylic acids is 1. The number of esters is 1. The van der Waals surface area contributed by atoms with Crippen LogP contribution in [0.2, 0.25) is 0 Å². The first-order valence-corrected chi connectivity index (χ1v) is 7.11. The Morgan fingerprint density at radius 3 is 2.58 bits per heavy atom. The number of methoxy groups -OCH3 is 1. The number of carboxylic acid groups (broad SMARTS) is 1. The van der Waals surface area contributed by atoms with Gasteiger partial charge < -0.3 is 14.7 Å². The van der Waals surface area contributed by atoms with Gasteiger partial charge in [-0.1, -0.05) is 30.3 Å². The highest BCUT2D eigenvalue weighted by Crippen LogP contribution is 2.24. The van der Waals surface area contributed by atoms with Crippen molar-refractivity contribution in [1.29, 1.82) is 0 Å². The summed E-state index contributed by atoms with van der Waals surface area (Å²) in [5, 5.41) is 8.89. The molecule has 2 aromatic carbocycles. The minimum Gasteiger partial charge on any atom is -0.479 e. The van der Waals surface area contributed by atoms with Gasteiger partial charge in [-0.3, -0.25) is 0 Å². The smallest absolute Gasteiger partial charge is 0.344 e. The Morgan fingerprint density at radius 1 is 1.17 bits per heavy atom. The van der Waals surface area contributed by atoms with Gasteiger partial charge in [0.15, 0.2) is 5.82 Å². The zero-order valence-electron chi connectivity index (χ0n) is 12.8. The third kappa shape index (κ3) is 2.91. The Hall–Kier alpha value is -3.35. The first kappa shape index (κ1) is 15.5. The molecule has 0 unspecified atom stereocenters. The van der Waals surface area contributed by atoms with E-state index in [1.165, 1.54) is 11.8 Å². The molecule has 7 heteroatoms. The molecule has 0 aliphatic carbocycles. The van der Waals surface area contributed by atoms with Crippen molar-refractivity contribution in [1.82, 2.24) is 9.71 Å². The summed E-state index contributed by atoms with van der Waals surface area (Å²) in [6.45, 7) is -0.534. The van der Waals surface area contributed by atoms with Crippen LogP contribution in [0.25, 0.3) is 22.4 Å². The summed E-state index contributed by atoms with van der Waals surface area (Å²) in [7, 11) is 1.29. The van der Waals surface area contributed by atoms with Gasteiger partial charge in [0, 0.05) is 5.56 Å². The second-order valence-electron chi connectivity index (χ2n) is 4.96. The van der Waals surface area contributed by atoms with Crippen LogP contribution in [-0.2, 0) is 9.53 Å². The zero-order chi connectivity index (χ0) is 17.1. The number of carbonyl (C=O) groups excluding carboxylic acids is 1. The van der Waals surface area contributed by atoms with Gasteiger partial charge in [-0.05, 0) is 18.2 Å². The number of hydrogen-bond acceptors (Lipinski definition) is 5. The van der Waals surface area contributed by atoms with Crippen molar-refractivity contribution in [3.63, 3.8) is 0 Å². The maximum Gasteiger partial charge on any atom is 0.344 e. The van der Waals surface area contributed by atoms with Gasteiger partial charge in [0.05, 0.1) is 18.2 Å². The fourth-order valence-corrected chi connectivity index (χ4v) is 2.32. The average molecular weight is 326 g/mol. The predicted octanol–water partition coefficient (Wildman–Crippen LogP) is 2.00. The first-order valence-electron chi connectivity index (χ1n) is 7.11. The highest BCUT2D eigenvalue weighted by Gasteiger charge is 2.17. The van der Waals surface area contributed by atoms with Crippen molar-refractivity contribution in [2.45, 2.75) is 0 Å². The Balaban J connectivity index is 2.17. The largest absolute Gasteiger partial charge is 0.479 e. The highest BCUT2D eigenvalue weighted by atomic mass is 16.7. The van der Waals surface area contributed by atoms with E-state index in [0.29, 0.717) is 22.4 Å². The van der Waals surface area contributed by atoms with E-state index in [-0.39, 0.29) is 0 Å². The molecule has 1 aromatic heterocycles. The van der Waals surface area contributed by atoms with E-state index in [2.05, 4.69) is 4.98 Å². The molecule has 0 saturated heterocycles. The van der Waals surface area contributed by atoms with Crippen LogP contribution in [0.3, 0.4) is 0 Å². The standard InChI is InChI=1S/C17H14N2O5/c1-23-17(22)12-7-8-13-14(9-12)19(24-10-15(20)21)16(18-13)11-5-3-2-4-6-11/h2-9H,10H2,1H3,(H,20,21). The molecular weight excluding hydrogens is 312 g/mol. The first-order chi connectivity index (χ1) is 11.6. The molecule has 7 nitrogen and oxygen atoms in total. The van der Waals surface area contributed by atoms with E-state index in [9.17, 15) is 9.59 Å². The summed E-state index contributed by atoms with van der Waals surface area (Å²) in [4.78, 5) is 32.4. The quantitative estimate of drug-likeness (QED) is 0.721. The molecule has 1 N–H and O–H groups in total. The molecule has 3 rings (SSSR count). The number of benzene rings is 2. The van der Waals surface area contributed by atoms with E-state index in [4.69, 9.17) is 14.7 Å². The van der Waals surface area contributed by atoms with Crippen molar-refractivity contribution in [3.05, 3.63) is 54.1 Å². The van der Waals surface area contributed by atoms with E-state index in [1.807, 2.05) is 30.3 Å². The van der Waals surface area contributed by atoms with E-state index in [1.54, 1.807) is 18.2 Å². The molecule has 0 atom stereocenters. The lowest BCUT2D eigenvalue weighted by atomic mass is 10.2. The van der Waals surface area contributed by atoms with E-state index in [0.717, 1.165) is 5.56 Å². The normalized spacial score (nSPS) is 10.5. The SMILES string of the molecule is COC(=O)c1ccc2nc(-c3ccccc3)n(OCC(=O)O)c2c1. The number of rotatable bonds is 5. The second kappa shape index (κ2) is 6.41. The zero-order valence-corrected chi connectivity index (χ0v) is 12.8. The summed E-state index contributed by atoms with van der Waals surface area (Å²) >= 11 is 0. The number of carbonyl (C=O) groups is 2. The van der Waals surface area contributed by atoms with Crippen LogP contribution in [0.1, 0.15) is 10.4 Å². The molecule has 0 amide bonds. The van der Waals surface area contributed by atoms with Crippen LogP contribution in [-0.4, -0.2) is 40.5 Å². The van der Waals surface area contributed by atoms with Gasteiger partial charge >= 0.3 is 11.9 Å². The maximum atomic E-state index is 11.7. The molecular formula is C17H14N2O5. The molecule has 0 bridgehead atoms. The van der Waals surface area contributed by atoms with Crippen LogP contribution < -0.4 is 4.84 Å².